The number of rotatable bonds is 4. The van der Waals surface area contributed by atoms with E-state index in [1.54, 1.807) is 4.68 Å². The van der Waals surface area contributed by atoms with E-state index in [0.717, 1.165) is 11.5 Å². The second-order valence-electron chi connectivity index (χ2n) is 4.43. The summed E-state index contributed by atoms with van der Waals surface area (Å²) in [6, 6.07) is 9.86. The van der Waals surface area contributed by atoms with Crippen LogP contribution < -0.4 is 10.6 Å². The van der Waals surface area contributed by atoms with Crippen molar-refractivity contribution in [1.29, 1.82) is 0 Å². The summed E-state index contributed by atoms with van der Waals surface area (Å²) in [5.74, 6) is 0.811. The van der Waals surface area contributed by atoms with Crippen molar-refractivity contribution in [2.45, 2.75) is 19.0 Å². The zero-order valence-electron chi connectivity index (χ0n) is 10.3. The number of carbonyl (C=O) groups is 1. The number of amides is 1. The predicted octanol–water partition coefficient (Wildman–Crippen LogP) is -0.360. The van der Waals surface area contributed by atoms with Crippen LogP contribution in [0.2, 0.25) is 0 Å². The van der Waals surface area contributed by atoms with Gasteiger partial charge in [0.15, 0.2) is 5.82 Å². The third kappa shape index (κ3) is 2.60. The maximum atomic E-state index is 11.1. The summed E-state index contributed by atoms with van der Waals surface area (Å²) in [5.41, 5.74) is 0.921. The highest BCUT2D eigenvalue weighted by Crippen LogP contribution is 2.07. The van der Waals surface area contributed by atoms with Crippen LogP contribution in [-0.2, 0) is 11.3 Å². The molecule has 0 radical (unpaired) electrons. The molecule has 2 heterocycles. The van der Waals surface area contributed by atoms with Gasteiger partial charge < -0.3 is 10.6 Å². The molecule has 1 fully saturated rings. The molecule has 7 heteroatoms. The first-order valence-corrected chi connectivity index (χ1v) is 6.16. The second kappa shape index (κ2) is 5.15. The smallest absolute Gasteiger partial charge is 0.221 e. The van der Waals surface area contributed by atoms with Gasteiger partial charge in [-0.25, -0.2) is 0 Å². The minimum Gasteiger partial charge on any atom is -0.354 e. The van der Waals surface area contributed by atoms with Gasteiger partial charge >= 0.3 is 0 Å². The molecule has 2 N–H and O–H groups in total. The Kier molecular flexibility index (Phi) is 3.20. The molecule has 0 bridgehead atoms. The van der Waals surface area contributed by atoms with E-state index < -0.39 is 0 Å². The van der Waals surface area contributed by atoms with Crippen LogP contribution in [0.15, 0.2) is 30.3 Å². The van der Waals surface area contributed by atoms with Crippen LogP contribution in [-0.4, -0.2) is 38.7 Å². The highest BCUT2D eigenvalue weighted by Gasteiger charge is 2.21. The lowest BCUT2D eigenvalue weighted by Gasteiger charge is -2.09. The topological polar surface area (TPSA) is 84.7 Å². The quantitative estimate of drug-likeness (QED) is 0.782. The van der Waals surface area contributed by atoms with Crippen molar-refractivity contribution in [3.63, 3.8) is 0 Å². The number of tetrazole rings is 1. The van der Waals surface area contributed by atoms with Gasteiger partial charge in [0.1, 0.15) is 0 Å². The molecule has 3 rings (SSSR count). The first-order valence-electron chi connectivity index (χ1n) is 6.16. The summed E-state index contributed by atoms with van der Waals surface area (Å²) < 4.78 is 1.69. The summed E-state index contributed by atoms with van der Waals surface area (Å²) in [5, 5.41) is 17.7. The van der Waals surface area contributed by atoms with E-state index in [0.29, 0.717) is 19.5 Å². The first kappa shape index (κ1) is 11.8. The molecule has 1 aromatic heterocycles. The summed E-state index contributed by atoms with van der Waals surface area (Å²) in [7, 11) is 0. The Morgan fingerprint density at radius 1 is 1.37 bits per heavy atom. The van der Waals surface area contributed by atoms with Gasteiger partial charge in [-0.05, 0) is 22.6 Å². The van der Waals surface area contributed by atoms with Gasteiger partial charge in [0.2, 0.25) is 5.91 Å². The molecule has 1 aliphatic heterocycles. The largest absolute Gasteiger partial charge is 0.354 e. The second-order valence-corrected chi connectivity index (χ2v) is 4.43. The summed E-state index contributed by atoms with van der Waals surface area (Å²) >= 11 is 0. The molecule has 0 spiro atoms. The lowest BCUT2D eigenvalue weighted by atomic mass is 10.2. The third-order valence-corrected chi connectivity index (χ3v) is 3.06. The van der Waals surface area contributed by atoms with Crippen molar-refractivity contribution in [2.75, 3.05) is 6.54 Å². The Morgan fingerprint density at radius 2 is 2.21 bits per heavy atom. The fourth-order valence-electron chi connectivity index (χ4n) is 2.07. The molecule has 98 valence electrons. The first-order chi connectivity index (χ1) is 9.33. The highest BCUT2D eigenvalue weighted by molar-refractivity contribution is 5.78. The van der Waals surface area contributed by atoms with Crippen LogP contribution in [0.3, 0.4) is 0 Å². The van der Waals surface area contributed by atoms with Gasteiger partial charge in [-0.1, -0.05) is 18.2 Å². The number of carbonyl (C=O) groups excluding carboxylic acids is 1. The van der Waals surface area contributed by atoms with E-state index >= 15 is 0 Å². The van der Waals surface area contributed by atoms with Gasteiger partial charge in [0, 0.05) is 19.0 Å². The number of hydrogen-bond donors (Lipinski definition) is 2. The van der Waals surface area contributed by atoms with Crippen molar-refractivity contribution in [2.24, 2.45) is 0 Å². The third-order valence-electron chi connectivity index (χ3n) is 3.06. The molecule has 2 aromatic rings. The molecule has 7 nitrogen and oxygen atoms in total. The molecule has 1 amide bonds. The Labute approximate surface area is 110 Å². The van der Waals surface area contributed by atoms with E-state index in [4.69, 9.17) is 0 Å². The van der Waals surface area contributed by atoms with E-state index in [1.165, 1.54) is 0 Å². The van der Waals surface area contributed by atoms with Gasteiger partial charge in [-0.15, -0.1) is 5.10 Å². The molecular formula is C12H14N6O. The number of para-hydroxylation sites is 1. The van der Waals surface area contributed by atoms with Gasteiger partial charge in [0.25, 0.3) is 0 Å². The van der Waals surface area contributed by atoms with Crippen molar-refractivity contribution < 1.29 is 4.79 Å². The number of aromatic nitrogens is 4. The summed E-state index contributed by atoms with van der Waals surface area (Å²) in [6.07, 6.45) is 0.507. The van der Waals surface area contributed by atoms with Crippen LogP contribution in [0.25, 0.3) is 5.69 Å². The monoisotopic (exact) mass is 258 g/mol. The van der Waals surface area contributed by atoms with Crippen LogP contribution in [0.1, 0.15) is 12.2 Å². The predicted molar refractivity (Wildman–Crippen MR) is 67.4 cm³/mol. The molecule has 1 unspecified atom stereocenters. The molecular weight excluding hydrogens is 244 g/mol. The molecule has 1 aromatic carbocycles. The molecule has 1 aliphatic rings. The number of benzene rings is 1. The number of nitrogens with zero attached hydrogens (tertiary/aromatic N) is 4. The lowest BCUT2D eigenvalue weighted by molar-refractivity contribution is -0.119. The van der Waals surface area contributed by atoms with Crippen LogP contribution in [0.5, 0.6) is 0 Å². The average Bonchev–Trinajstić information content (AvgIpc) is 3.06. The van der Waals surface area contributed by atoms with E-state index in [-0.39, 0.29) is 11.9 Å². The van der Waals surface area contributed by atoms with Crippen LogP contribution in [0, 0.1) is 0 Å². The summed E-state index contributed by atoms with van der Waals surface area (Å²) in [6.45, 7) is 1.19. The maximum absolute atomic E-state index is 11.1. The molecule has 1 atom stereocenters. The Bertz CT molecular complexity index is 567. The van der Waals surface area contributed by atoms with Crippen LogP contribution >= 0.6 is 0 Å². The standard InChI is InChI=1S/C12H14N6O/c19-12-6-9(7-14-12)13-8-11-15-16-17-18(11)10-4-2-1-3-5-10/h1-5,9,13H,6-8H2,(H,14,19). The average molecular weight is 258 g/mol. The normalized spacial score (nSPS) is 18.5. The Hall–Kier alpha value is -2.28. The minimum absolute atomic E-state index is 0.0835. The zero-order valence-corrected chi connectivity index (χ0v) is 10.3. The zero-order chi connectivity index (χ0) is 13.1. The highest BCUT2D eigenvalue weighted by atomic mass is 16.1. The van der Waals surface area contributed by atoms with Gasteiger partial charge in [-0.3, -0.25) is 4.79 Å². The van der Waals surface area contributed by atoms with Crippen molar-refractivity contribution in [3.8, 4) is 5.69 Å². The maximum Gasteiger partial charge on any atom is 0.221 e. The van der Waals surface area contributed by atoms with E-state index in [1.807, 2.05) is 30.3 Å². The fraction of sp³-hybridized carbons (Fsp3) is 0.333. The molecule has 19 heavy (non-hydrogen) atoms. The molecule has 1 saturated heterocycles. The minimum atomic E-state index is 0.0835. The fourth-order valence-corrected chi connectivity index (χ4v) is 2.07. The Balaban J connectivity index is 1.69. The van der Waals surface area contributed by atoms with E-state index in [2.05, 4.69) is 26.2 Å². The molecule has 0 aliphatic carbocycles. The van der Waals surface area contributed by atoms with Gasteiger partial charge in [-0.2, -0.15) is 4.68 Å². The van der Waals surface area contributed by atoms with Crippen molar-refractivity contribution >= 4 is 5.91 Å². The van der Waals surface area contributed by atoms with Crippen LogP contribution in [0.4, 0.5) is 0 Å². The summed E-state index contributed by atoms with van der Waals surface area (Å²) in [4.78, 5) is 11.1. The van der Waals surface area contributed by atoms with Crippen molar-refractivity contribution in [1.82, 2.24) is 30.8 Å². The molecule has 0 saturated carbocycles. The van der Waals surface area contributed by atoms with Crippen molar-refractivity contribution in [3.05, 3.63) is 36.2 Å². The SMILES string of the molecule is O=C1CC(NCc2nnnn2-c2ccccc2)CN1. The lowest BCUT2D eigenvalue weighted by Crippen LogP contribution is -2.31. The Morgan fingerprint density at radius 3 is 2.95 bits per heavy atom. The number of nitrogens with one attached hydrogen (secondary N) is 2. The number of hydrogen-bond acceptors (Lipinski definition) is 5. The van der Waals surface area contributed by atoms with Gasteiger partial charge in [0.05, 0.1) is 12.2 Å². The van der Waals surface area contributed by atoms with E-state index in [9.17, 15) is 4.79 Å².